The minimum atomic E-state index is 0.397. The molecule has 0 aliphatic carbocycles. The summed E-state index contributed by atoms with van der Waals surface area (Å²) in [5.74, 6) is 1.84. The molecule has 0 fully saturated rings. The number of thioether (sulfide) groups is 1. The van der Waals surface area contributed by atoms with Crippen LogP contribution >= 0.6 is 11.8 Å². The Bertz CT molecular complexity index is 275. The summed E-state index contributed by atoms with van der Waals surface area (Å²) in [5, 5.41) is 3.58. The summed E-state index contributed by atoms with van der Waals surface area (Å²) in [6.45, 7) is 5.56. The number of rotatable bonds is 7. The van der Waals surface area contributed by atoms with Crippen LogP contribution in [0.15, 0.2) is 24.4 Å². The van der Waals surface area contributed by atoms with Crippen molar-refractivity contribution < 1.29 is 0 Å². The van der Waals surface area contributed by atoms with E-state index in [0.717, 1.165) is 24.4 Å². The maximum atomic E-state index is 4.44. The van der Waals surface area contributed by atoms with Gasteiger partial charge in [0.1, 0.15) is 0 Å². The second kappa shape index (κ2) is 7.69. The fraction of sp³-hybridized carbons (Fsp3) is 0.615. The zero-order chi connectivity index (χ0) is 11.8. The van der Waals surface area contributed by atoms with E-state index in [1.165, 1.54) is 0 Å². The van der Waals surface area contributed by atoms with Crippen molar-refractivity contribution in [2.75, 3.05) is 18.6 Å². The molecule has 0 bridgehead atoms. The number of pyridine rings is 1. The first-order valence-corrected chi connectivity index (χ1v) is 7.26. The summed E-state index contributed by atoms with van der Waals surface area (Å²) >= 11 is 1.87. The first kappa shape index (κ1) is 13.5. The summed E-state index contributed by atoms with van der Waals surface area (Å²) < 4.78 is 0. The highest BCUT2D eigenvalue weighted by atomic mass is 32.2. The van der Waals surface area contributed by atoms with E-state index in [0.29, 0.717) is 12.0 Å². The highest BCUT2D eigenvalue weighted by Gasteiger charge is 2.13. The van der Waals surface area contributed by atoms with Crippen LogP contribution in [0.4, 0.5) is 0 Å². The lowest BCUT2D eigenvalue weighted by atomic mass is 10.0. The van der Waals surface area contributed by atoms with Gasteiger partial charge in [-0.05, 0) is 30.7 Å². The molecule has 1 aromatic heterocycles. The molecule has 0 amide bonds. The van der Waals surface area contributed by atoms with E-state index in [1.807, 2.05) is 24.0 Å². The third-order valence-corrected chi connectivity index (χ3v) is 3.06. The predicted octanol–water partition coefficient (Wildman–Crippen LogP) is 3.12. The van der Waals surface area contributed by atoms with Crippen LogP contribution in [0.3, 0.4) is 0 Å². The fourth-order valence-corrected chi connectivity index (χ4v) is 2.02. The smallest absolute Gasteiger partial charge is 0.0573 e. The molecule has 1 unspecified atom stereocenters. The van der Waals surface area contributed by atoms with Gasteiger partial charge in [-0.3, -0.25) is 4.98 Å². The molecule has 1 rings (SSSR count). The molecule has 3 heteroatoms. The monoisotopic (exact) mass is 238 g/mol. The van der Waals surface area contributed by atoms with Crippen molar-refractivity contribution >= 4 is 11.8 Å². The molecule has 1 atom stereocenters. The van der Waals surface area contributed by atoms with Gasteiger partial charge in [0.2, 0.25) is 0 Å². The largest absolute Gasteiger partial charge is 0.308 e. The highest BCUT2D eigenvalue weighted by Crippen LogP contribution is 2.18. The molecule has 0 saturated carbocycles. The van der Waals surface area contributed by atoms with Gasteiger partial charge in [-0.2, -0.15) is 11.8 Å². The van der Waals surface area contributed by atoms with Crippen molar-refractivity contribution in [3.05, 3.63) is 30.1 Å². The van der Waals surface area contributed by atoms with Crippen LogP contribution < -0.4 is 5.32 Å². The molecule has 0 spiro atoms. The van der Waals surface area contributed by atoms with Crippen molar-refractivity contribution in [3.8, 4) is 0 Å². The summed E-state index contributed by atoms with van der Waals surface area (Å²) in [4.78, 5) is 4.44. The van der Waals surface area contributed by atoms with Gasteiger partial charge in [0.05, 0.1) is 5.69 Å². The Balaban J connectivity index is 2.56. The van der Waals surface area contributed by atoms with Crippen LogP contribution in [-0.4, -0.2) is 23.5 Å². The maximum absolute atomic E-state index is 4.44. The van der Waals surface area contributed by atoms with Crippen LogP contribution in [0.5, 0.6) is 0 Å². The third-order valence-electron chi connectivity index (χ3n) is 2.45. The number of nitrogens with zero attached hydrogens (tertiary/aromatic N) is 1. The molecule has 0 saturated heterocycles. The molecular weight excluding hydrogens is 216 g/mol. The van der Waals surface area contributed by atoms with Gasteiger partial charge in [-0.1, -0.05) is 19.9 Å². The molecule has 16 heavy (non-hydrogen) atoms. The quantitative estimate of drug-likeness (QED) is 0.739. The average Bonchev–Trinajstić information content (AvgIpc) is 2.29. The topological polar surface area (TPSA) is 24.9 Å². The normalized spacial score (nSPS) is 13.0. The van der Waals surface area contributed by atoms with E-state index in [1.54, 1.807) is 0 Å². The minimum absolute atomic E-state index is 0.397. The van der Waals surface area contributed by atoms with E-state index < -0.39 is 0 Å². The molecule has 90 valence electrons. The Morgan fingerprint density at radius 1 is 1.38 bits per heavy atom. The molecule has 1 aromatic rings. The minimum Gasteiger partial charge on any atom is -0.308 e. The number of hydrogen-bond acceptors (Lipinski definition) is 3. The zero-order valence-corrected chi connectivity index (χ0v) is 11.3. The Kier molecular flexibility index (Phi) is 6.50. The average molecular weight is 238 g/mol. The third kappa shape index (κ3) is 4.99. The van der Waals surface area contributed by atoms with Gasteiger partial charge in [-0.25, -0.2) is 0 Å². The Labute approximate surface area is 103 Å². The second-order valence-corrected chi connectivity index (χ2v) is 5.37. The van der Waals surface area contributed by atoms with E-state index in [-0.39, 0.29) is 0 Å². The maximum Gasteiger partial charge on any atom is 0.0573 e. The predicted molar refractivity (Wildman–Crippen MR) is 72.8 cm³/mol. The number of aromatic nitrogens is 1. The SMILES string of the molecule is CSCCNC(CC(C)C)c1ccccn1. The molecule has 0 radical (unpaired) electrons. The van der Waals surface area contributed by atoms with Crippen LogP contribution in [-0.2, 0) is 0 Å². The lowest BCUT2D eigenvalue weighted by Gasteiger charge is -2.20. The second-order valence-electron chi connectivity index (χ2n) is 4.38. The summed E-state index contributed by atoms with van der Waals surface area (Å²) in [6, 6.07) is 6.54. The Morgan fingerprint density at radius 2 is 2.19 bits per heavy atom. The molecule has 2 nitrogen and oxygen atoms in total. The van der Waals surface area contributed by atoms with Gasteiger partial charge < -0.3 is 5.32 Å². The van der Waals surface area contributed by atoms with E-state index in [2.05, 4.69) is 42.5 Å². The lowest BCUT2D eigenvalue weighted by Crippen LogP contribution is -2.25. The standard InChI is InChI=1S/C13H22N2S/c1-11(2)10-13(15-8-9-16-3)12-6-4-5-7-14-12/h4-7,11,13,15H,8-10H2,1-3H3. The van der Waals surface area contributed by atoms with Crippen LogP contribution in [0, 0.1) is 5.92 Å². The fourth-order valence-electron chi connectivity index (χ4n) is 1.70. The van der Waals surface area contributed by atoms with Crippen molar-refractivity contribution in [2.45, 2.75) is 26.3 Å². The molecule has 0 aromatic carbocycles. The van der Waals surface area contributed by atoms with Crippen LogP contribution in [0.2, 0.25) is 0 Å². The van der Waals surface area contributed by atoms with Crippen molar-refractivity contribution in [3.63, 3.8) is 0 Å². The van der Waals surface area contributed by atoms with Crippen LogP contribution in [0.25, 0.3) is 0 Å². The van der Waals surface area contributed by atoms with Crippen molar-refractivity contribution in [2.24, 2.45) is 5.92 Å². The molecule has 1 heterocycles. The van der Waals surface area contributed by atoms with Crippen LogP contribution in [0.1, 0.15) is 32.0 Å². The first-order chi connectivity index (χ1) is 7.74. The number of hydrogen-bond donors (Lipinski definition) is 1. The van der Waals surface area contributed by atoms with E-state index in [4.69, 9.17) is 0 Å². The number of nitrogens with one attached hydrogen (secondary N) is 1. The molecule has 0 aliphatic rings. The molecule has 1 N–H and O–H groups in total. The van der Waals surface area contributed by atoms with E-state index in [9.17, 15) is 0 Å². The van der Waals surface area contributed by atoms with E-state index >= 15 is 0 Å². The highest BCUT2D eigenvalue weighted by molar-refractivity contribution is 7.98. The van der Waals surface area contributed by atoms with Gasteiger partial charge in [0.15, 0.2) is 0 Å². The summed E-state index contributed by atoms with van der Waals surface area (Å²) in [6.07, 6.45) is 5.16. The zero-order valence-electron chi connectivity index (χ0n) is 10.4. The molecular formula is C13H22N2S. The summed E-state index contributed by atoms with van der Waals surface area (Å²) in [7, 11) is 0. The van der Waals surface area contributed by atoms with Gasteiger partial charge >= 0.3 is 0 Å². The van der Waals surface area contributed by atoms with Crippen molar-refractivity contribution in [1.82, 2.24) is 10.3 Å². The Morgan fingerprint density at radius 3 is 2.75 bits per heavy atom. The lowest BCUT2D eigenvalue weighted by molar-refractivity contribution is 0.432. The first-order valence-electron chi connectivity index (χ1n) is 5.87. The van der Waals surface area contributed by atoms with Gasteiger partial charge in [0, 0.05) is 24.5 Å². The van der Waals surface area contributed by atoms with Gasteiger partial charge in [-0.15, -0.1) is 0 Å². The Hall–Kier alpha value is -0.540. The summed E-state index contributed by atoms with van der Waals surface area (Å²) in [5.41, 5.74) is 1.16. The molecule has 0 aliphatic heterocycles. The van der Waals surface area contributed by atoms with Crippen molar-refractivity contribution in [1.29, 1.82) is 0 Å². The van der Waals surface area contributed by atoms with Gasteiger partial charge in [0.25, 0.3) is 0 Å².